The number of likely N-dealkylation sites (tertiary alicyclic amines) is 1. The Hall–Kier alpha value is -3.29. The van der Waals surface area contributed by atoms with Crippen LogP contribution in [0.2, 0.25) is 0 Å². The van der Waals surface area contributed by atoms with Crippen molar-refractivity contribution in [2.45, 2.75) is 52.6 Å². The van der Waals surface area contributed by atoms with Gasteiger partial charge in [-0.15, -0.1) is 0 Å². The van der Waals surface area contributed by atoms with Gasteiger partial charge < -0.3 is 24.3 Å². The van der Waals surface area contributed by atoms with Gasteiger partial charge in [0.05, 0.1) is 0 Å². The summed E-state index contributed by atoms with van der Waals surface area (Å²) in [5, 5.41) is 2.81. The third-order valence-corrected chi connectivity index (χ3v) is 5.91. The normalized spacial score (nSPS) is 15.4. The van der Waals surface area contributed by atoms with E-state index in [1.165, 1.54) is 0 Å². The summed E-state index contributed by atoms with van der Waals surface area (Å²) in [6.45, 7) is 6.39. The number of amides is 2. The van der Waals surface area contributed by atoms with Crippen molar-refractivity contribution < 1.29 is 19.1 Å². The summed E-state index contributed by atoms with van der Waals surface area (Å²) >= 11 is 0. The zero-order valence-electron chi connectivity index (χ0n) is 19.3. The number of carbonyl (C=O) groups is 2. The summed E-state index contributed by atoms with van der Waals surface area (Å²) in [4.78, 5) is 41.2. The van der Waals surface area contributed by atoms with Gasteiger partial charge in [0.1, 0.15) is 11.1 Å². The molecule has 8 heteroatoms. The molecule has 0 aliphatic carbocycles. The predicted octanol–water partition coefficient (Wildman–Crippen LogP) is 3.18. The molecule has 1 N–H and O–H groups in total. The molecule has 0 radical (unpaired) electrons. The number of benzene rings is 1. The smallest absolute Gasteiger partial charge is 0.259 e. The molecular weight excluding hydrogens is 422 g/mol. The van der Waals surface area contributed by atoms with E-state index in [4.69, 9.17) is 9.47 Å². The topological polar surface area (TPSA) is 89.9 Å². The Morgan fingerprint density at radius 1 is 1.00 bits per heavy atom. The van der Waals surface area contributed by atoms with Crippen molar-refractivity contribution in [2.75, 3.05) is 19.9 Å². The van der Waals surface area contributed by atoms with Gasteiger partial charge in [-0.1, -0.05) is 32.8 Å². The minimum absolute atomic E-state index is 0.0166. The van der Waals surface area contributed by atoms with Crippen molar-refractivity contribution in [3.8, 4) is 11.5 Å². The summed E-state index contributed by atoms with van der Waals surface area (Å²) < 4.78 is 12.5. The number of carbonyl (C=O) groups excluding carboxylic acids is 2. The van der Waals surface area contributed by atoms with Gasteiger partial charge >= 0.3 is 0 Å². The maximum absolute atomic E-state index is 13.2. The van der Waals surface area contributed by atoms with Crippen molar-refractivity contribution in [1.29, 1.82) is 0 Å². The van der Waals surface area contributed by atoms with Crippen molar-refractivity contribution in [3.63, 3.8) is 0 Å². The second-order valence-corrected chi connectivity index (χ2v) is 9.08. The lowest BCUT2D eigenvalue weighted by molar-refractivity contribution is 0.0759. The van der Waals surface area contributed by atoms with Crippen molar-refractivity contribution in [1.82, 2.24) is 14.8 Å². The number of ether oxygens (including phenoxy) is 2. The van der Waals surface area contributed by atoms with Crippen LogP contribution in [-0.4, -0.2) is 41.2 Å². The van der Waals surface area contributed by atoms with Crippen LogP contribution < -0.4 is 20.2 Å². The molecule has 2 aliphatic heterocycles. The number of nitrogens with zero attached hydrogens (tertiary/aromatic N) is 2. The second-order valence-electron chi connectivity index (χ2n) is 9.08. The second kappa shape index (κ2) is 10.1. The molecule has 1 saturated heterocycles. The van der Waals surface area contributed by atoms with Gasteiger partial charge in [-0.2, -0.15) is 0 Å². The lowest BCUT2D eigenvalue weighted by atomic mass is 10.1. The van der Waals surface area contributed by atoms with E-state index in [9.17, 15) is 14.4 Å². The molecule has 2 aliphatic rings. The number of nitrogens with one attached hydrogen (secondary N) is 1. The van der Waals surface area contributed by atoms with Crippen LogP contribution >= 0.6 is 0 Å². The van der Waals surface area contributed by atoms with Gasteiger partial charge in [-0.3, -0.25) is 14.4 Å². The summed E-state index contributed by atoms with van der Waals surface area (Å²) in [5.74, 6) is 0.802. The van der Waals surface area contributed by atoms with Gasteiger partial charge in [0.15, 0.2) is 11.5 Å². The van der Waals surface area contributed by atoms with Gasteiger partial charge in [-0.05, 0) is 36.5 Å². The molecule has 4 rings (SSSR count). The van der Waals surface area contributed by atoms with Crippen LogP contribution in [0.5, 0.6) is 11.5 Å². The number of fused-ring (bicyclic) bond motifs is 1. The lowest BCUT2D eigenvalue weighted by Crippen LogP contribution is -2.38. The van der Waals surface area contributed by atoms with E-state index >= 15 is 0 Å². The number of pyridine rings is 1. The highest BCUT2D eigenvalue weighted by Crippen LogP contribution is 2.32. The van der Waals surface area contributed by atoms with E-state index in [-0.39, 0.29) is 36.3 Å². The Bertz CT molecular complexity index is 1080. The first-order valence-electron chi connectivity index (χ1n) is 11.6. The van der Waals surface area contributed by atoms with E-state index < -0.39 is 11.3 Å². The molecule has 0 atom stereocenters. The van der Waals surface area contributed by atoms with Crippen LogP contribution in [0.1, 0.15) is 65.8 Å². The first kappa shape index (κ1) is 22.9. The van der Waals surface area contributed by atoms with E-state index in [1.807, 2.05) is 19.9 Å². The number of hydrogen-bond donors (Lipinski definition) is 1. The maximum Gasteiger partial charge on any atom is 0.259 e. The molecule has 176 valence electrons. The number of rotatable bonds is 6. The molecular formula is C25H31N3O5. The summed E-state index contributed by atoms with van der Waals surface area (Å²) in [6, 6.07) is 5.43. The zero-order chi connectivity index (χ0) is 23.4. The molecule has 1 aromatic carbocycles. The molecule has 3 heterocycles. The van der Waals surface area contributed by atoms with Crippen LogP contribution in [0.3, 0.4) is 0 Å². The summed E-state index contributed by atoms with van der Waals surface area (Å²) in [5.41, 5.74) is 0.352. The third kappa shape index (κ3) is 5.38. The molecule has 1 fully saturated rings. The van der Waals surface area contributed by atoms with Gasteiger partial charge in [0.2, 0.25) is 12.2 Å². The fraction of sp³-hybridized carbons (Fsp3) is 0.480. The zero-order valence-corrected chi connectivity index (χ0v) is 19.3. The Kier molecular flexibility index (Phi) is 7.01. The monoisotopic (exact) mass is 453 g/mol. The molecule has 8 nitrogen and oxygen atoms in total. The molecule has 2 amide bonds. The lowest BCUT2D eigenvalue weighted by Gasteiger charge is -2.21. The minimum Gasteiger partial charge on any atom is -0.454 e. The Balaban J connectivity index is 1.57. The van der Waals surface area contributed by atoms with Crippen LogP contribution in [0, 0.1) is 5.92 Å². The Labute approximate surface area is 193 Å². The molecule has 0 bridgehead atoms. The highest BCUT2D eigenvalue weighted by atomic mass is 16.7. The van der Waals surface area contributed by atoms with Gasteiger partial charge in [-0.25, -0.2) is 0 Å². The standard InChI is InChI=1S/C25H31N3O5/c1-17(2)13-27-14-19(23(29)20(15-27)25(31)28-9-5-3-4-6-10-28)24(30)26-12-18-7-8-21-22(11-18)33-16-32-21/h7-8,11,14-15,17H,3-6,9-10,12-13,16H2,1-2H3,(H,26,30). The predicted molar refractivity (Wildman–Crippen MR) is 124 cm³/mol. The molecule has 2 aromatic rings. The van der Waals surface area contributed by atoms with E-state index in [2.05, 4.69) is 5.32 Å². The Morgan fingerprint density at radius 2 is 1.70 bits per heavy atom. The average molecular weight is 454 g/mol. The number of hydrogen-bond acceptors (Lipinski definition) is 5. The largest absolute Gasteiger partial charge is 0.454 e. The Morgan fingerprint density at radius 3 is 2.42 bits per heavy atom. The molecule has 0 unspecified atom stereocenters. The van der Waals surface area contributed by atoms with Gasteiger partial charge in [0.25, 0.3) is 11.8 Å². The third-order valence-electron chi connectivity index (χ3n) is 5.91. The maximum atomic E-state index is 13.2. The average Bonchev–Trinajstić information content (AvgIpc) is 3.09. The first-order chi connectivity index (χ1) is 15.9. The van der Waals surface area contributed by atoms with Crippen LogP contribution in [0.25, 0.3) is 0 Å². The molecule has 0 spiro atoms. The van der Waals surface area contributed by atoms with Crippen molar-refractivity contribution >= 4 is 11.8 Å². The quantitative estimate of drug-likeness (QED) is 0.726. The van der Waals surface area contributed by atoms with E-state index in [0.717, 1.165) is 31.2 Å². The van der Waals surface area contributed by atoms with Crippen LogP contribution in [0.4, 0.5) is 0 Å². The molecule has 0 saturated carbocycles. The first-order valence-corrected chi connectivity index (χ1v) is 11.6. The minimum atomic E-state index is -0.521. The highest BCUT2D eigenvalue weighted by Gasteiger charge is 2.24. The molecule has 33 heavy (non-hydrogen) atoms. The van der Waals surface area contributed by atoms with Crippen molar-refractivity contribution in [2.24, 2.45) is 5.92 Å². The van der Waals surface area contributed by atoms with Crippen molar-refractivity contribution in [3.05, 3.63) is 57.5 Å². The molecule has 1 aromatic heterocycles. The van der Waals surface area contributed by atoms with E-state index in [0.29, 0.717) is 31.1 Å². The van der Waals surface area contributed by atoms with E-state index in [1.54, 1.807) is 34.0 Å². The van der Waals surface area contributed by atoms with Gasteiger partial charge in [0, 0.05) is 38.6 Å². The fourth-order valence-corrected chi connectivity index (χ4v) is 4.24. The fourth-order valence-electron chi connectivity index (χ4n) is 4.24. The SMILES string of the molecule is CC(C)Cn1cc(C(=O)NCc2ccc3c(c2)OCO3)c(=O)c(C(=O)N2CCCCCC2)c1. The summed E-state index contributed by atoms with van der Waals surface area (Å²) in [7, 11) is 0. The van der Waals surface area contributed by atoms with Crippen LogP contribution in [-0.2, 0) is 13.1 Å². The van der Waals surface area contributed by atoms with Crippen LogP contribution in [0.15, 0.2) is 35.4 Å². The summed E-state index contributed by atoms with van der Waals surface area (Å²) in [6.07, 6.45) is 7.19. The number of aromatic nitrogens is 1. The highest BCUT2D eigenvalue weighted by molar-refractivity contribution is 5.99.